The van der Waals surface area contributed by atoms with Crippen LogP contribution in [0.4, 0.5) is 0 Å². The normalized spacial score (nSPS) is 32.8. The van der Waals surface area contributed by atoms with E-state index < -0.39 is 0 Å². The second kappa shape index (κ2) is 6.87. The van der Waals surface area contributed by atoms with Crippen LogP contribution >= 0.6 is 11.8 Å². The van der Waals surface area contributed by atoms with E-state index in [-0.39, 0.29) is 0 Å². The second-order valence-corrected chi connectivity index (χ2v) is 6.36. The minimum absolute atomic E-state index is 0.702. The zero-order chi connectivity index (χ0) is 11.2. The first-order valence-corrected chi connectivity index (χ1v) is 7.89. The molecule has 2 aliphatic rings. The molecule has 2 fully saturated rings. The van der Waals surface area contributed by atoms with Gasteiger partial charge >= 0.3 is 0 Å². The Bertz CT molecular complexity index is 188. The average Bonchev–Trinajstić information content (AvgIpc) is 2.85. The van der Waals surface area contributed by atoms with Gasteiger partial charge in [-0.05, 0) is 50.3 Å². The van der Waals surface area contributed by atoms with Crippen molar-refractivity contribution < 1.29 is 4.74 Å². The van der Waals surface area contributed by atoms with Gasteiger partial charge in [0, 0.05) is 17.9 Å². The number of rotatable bonds is 5. The van der Waals surface area contributed by atoms with Gasteiger partial charge in [0.05, 0.1) is 6.61 Å². The molecule has 0 spiro atoms. The molecule has 3 heteroatoms. The van der Waals surface area contributed by atoms with Crippen LogP contribution in [0.3, 0.4) is 0 Å². The molecular formula is C13H25NOS. The third-order valence-electron chi connectivity index (χ3n) is 3.70. The van der Waals surface area contributed by atoms with Crippen LogP contribution in [0.25, 0.3) is 0 Å². The summed E-state index contributed by atoms with van der Waals surface area (Å²) in [6, 6.07) is 0.702. The highest BCUT2D eigenvalue weighted by Gasteiger charge is 2.32. The van der Waals surface area contributed by atoms with E-state index in [1.54, 1.807) is 0 Å². The van der Waals surface area contributed by atoms with E-state index in [9.17, 15) is 0 Å². The number of nitrogens with one attached hydrogen (secondary N) is 1. The van der Waals surface area contributed by atoms with Gasteiger partial charge in [-0.15, -0.1) is 0 Å². The van der Waals surface area contributed by atoms with Crippen molar-refractivity contribution >= 4 is 11.8 Å². The fourth-order valence-electron chi connectivity index (χ4n) is 2.85. The third kappa shape index (κ3) is 3.38. The van der Waals surface area contributed by atoms with E-state index in [0.29, 0.717) is 6.04 Å². The van der Waals surface area contributed by atoms with Crippen molar-refractivity contribution in [3.8, 4) is 0 Å². The maximum absolute atomic E-state index is 5.65. The summed E-state index contributed by atoms with van der Waals surface area (Å²) in [7, 11) is 0. The van der Waals surface area contributed by atoms with E-state index >= 15 is 0 Å². The summed E-state index contributed by atoms with van der Waals surface area (Å²) in [6.07, 6.45) is 6.67. The molecule has 1 N–H and O–H groups in total. The van der Waals surface area contributed by atoms with Gasteiger partial charge in [0.25, 0.3) is 0 Å². The lowest BCUT2D eigenvalue weighted by atomic mass is 9.90. The average molecular weight is 243 g/mol. The van der Waals surface area contributed by atoms with Crippen molar-refractivity contribution in [2.75, 3.05) is 25.5 Å². The number of hydrogen-bond donors (Lipinski definition) is 1. The van der Waals surface area contributed by atoms with Gasteiger partial charge in [-0.25, -0.2) is 0 Å². The van der Waals surface area contributed by atoms with Crippen molar-refractivity contribution in [3.05, 3.63) is 0 Å². The molecule has 0 saturated carbocycles. The molecule has 2 rings (SSSR count). The molecule has 3 atom stereocenters. The molecule has 16 heavy (non-hydrogen) atoms. The summed E-state index contributed by atoms with van der Waals surface area (Å²) >= 11 is 2.18. The Labute approximate surface area is 104 Å². The Kier molecular flexibility index (Phi) is 5.46. The van der Waals surface area contributed by atoms with Crippen molar-refractivity contribution in [1.82, 2.24) is 5.32 Å². The van der Waals surface area contributed by atoms with Gasteiger partial charge in [-0.3, -0.25) is 0 Å². The maximum Gasteiger partial charge on any atom is 0.0509 e. The van der Waals surface area contributed by atoms with E-state index in [1.165, 1.54) is 37.9 Å². The van der Waals surface area contributed by atoms with Crippen LogP contribution in [-0.4, -0.2) is 36.8 Å². The molecule has 0 aromatic rings. The van der Waals surface area contributed by atoms with Crippen molar-refractivity contribution in [2.45, 2.75) is 50.3 Å². The Morgan fingerprint density at radius 3 is 2.94 bits per heavy atom. The van der Waals surface area contributed by atoms with Crippen molar-refractivity contribution in [2.24, 2.45) is 5.92 Å². The van der Waals surface area contributed by atoms with Crippen molar-refractivity contribution in [3.63, 3.8) is 0 Å². The molecule has 0 bridgehead atoms. The molecule has 2 heterocycles. The molecule has 2 nitrogen and oxygen atoms in total. The van der Waals surface area contributed by atoms with Crippen LogP contribution in [0.2, 0.25) is 0 Å². The Balaban J connectivity index is 1.89. The standard InChI is InChI=1S/C13H25NOS/c1-2-7-14-13(12-6-4-9-16-12)11-5-3-8-15-10-11/h11-14H,2-10H2,1H3. The highest BCUT2D eigenvalue weighted by Crippen LogP contribution is 2.33. The smallest absolute Gasteiger partial charge is 0.0509 e. The van der Waals surface area contributed by atoms with Crippen LogP contribution in [-0.2, 0) is 4.74 Å². The minimum atomic E-state index is 0.702. The first kappa shape index (κ1) is 12.7. The quantitative estimate of drug-likeness (QED) is 0.802. The maximum atomic E-state index is 5.65. The molecule has 2 aliphatic heterocycles. The van der Waals surface area contributed by atoms with Crippen LogP contribution in [0, 0.1) is 5.92 Å². The summed E-state index contributed by atoms with van der Waals surface area (Å²) in [6.45, 7) is 5.38. The SMILES string of the molecule is CCCNC(C1CCCOC1)C1CCCS1. The minimum Gasteiger partial charge on any atom is -0.381 e. The summed E-state index contributed by atoms with van der Waals surface area (Å²) in [5.41, 5.74) is 0. The highest BCUT2D eigenvalue weighted by molar-refractivity contribution is 8.00. The van der Waals surface area contributed by atoms with Gasteiger partial charge in [0.2, 0.25) is 0 Å². The van der Waals surface area contributed by atoms with Crippen molar-refractivity contribution in [1.29, 1.82) is 0 Å². The Hall–Kier alpha value is 0.270. The van der Waals surface area contributed by atoms with E-state index in [2.05, 4.69) is 24.0 Å². The third-order valence-corrected chi connectivity index (χ3v) is 5.18. The van der Waals surface area contributed by atoms with Crippen LogP contribution in [0.15, 0.2) is 0 Å². The topological polar surface area (TPSA) is 21.3 Å². The molecule has 0 radical (unpaired) electrons. The molecule has 0 aromatic carbocycles. The van der Waals surface area contributed by atoms with E-state index in [0.717, 1.165) is 30.9 Å². The monoisotopic (exact) mass is 243 g/mol. The van der Waals surface area contributed by atoms with Gasteiger partial charge < -0.3 is 10.1 Å². The zero-order valence-corrected chi connectivity index (χ0v) is 11.2. The van der Waals surface area contributed by atoms with E-state index in [1.807, 2.05) is 0 Å². The molecule has 0 aliphatic carbocycles. The molecule has 0 amide bonds. The highest BCUT2D eigenvalue weighted by atomic mass is 32.2. The van der Waals surface area contributed by atoms with Gasteiger partial charge in [-0.1, -0.05) is 6.92 Å². The Morgan fingerprint density at radius 1 is 1.38 bits per heavy atom. The second-order valence-electron chi connectivity index (χ2n) is 5.01. The summed E-state index contributed by atoms with van der Waals surface area (Å²) in [4.78, 5) is 0. The predicted octanol–water partition coefficient (Wildman–Crippen LogP) is 2.68. The lowest BCUT2D eigenvalue weighted by Crippen LogP contribution is -2.46. The van der Waals surface area contributed by atoms with Crippen LogP contribution in [0.1, 0.15) is 39.0 Å². The first-order valence-electron chi connectivity index (χ1n) is 6.84. The molecule has 2 saturated heterocycles. The fourth-order valence-corrected chi connectivity index (χ4v) is 4.34. The van der Waals surface area contributed by atoms with Gasteiger partial charge in [-0.2, -0.15) is 11.8 Å². The van der Waals surface area contributed by atoms with E-state index in [4.69, 9.17) is 4.74 Å². The van der Waals surface area contributed by atoms with Gasteiger partial charge in [0.15, 0.2) is 0 Å². The van der Waals surface area contributed by atoms with Crippen LogP contribution < -0.4 is 5.32 Å². The molecule has 94 valence electrons. The lowest BCUT2D eigenvalue weighted by molar-refractivity contribution is 0.0388. The predicted molar refractivity (Wildman–Crippen MR) is 71.1 cm³/mol. The number of thioether (sulfide) groups is 1. The summed E-state index contributed by atoms with van der Waals surface area (Å²) in [5.74, 6) is 2.12. The lowest BCUT2D eigenvalue weighted by Gasteiger charge is -2.34. The summed E-state index contributed by atoms with van der Waals surface area (Å²) in [5, 5.41) is 4.63. The molecular weight excluding hydrogens is 218 g/mol. The summed E-state index contributed by atoms with van der Waals surface area (Å²) < 4.78 is 5.65. The molecule has 3 unspecified atom stereocenters. The van der Waals surface area contributed by atoms with Crippen LogP contribution in [0.5, 0.6) is 0 Å². The number of ether oxygens (including phenoxy) is 1. The zero-order valence-electron chi connectivity index (χ0n) is 10.4. The van der Waals surface area contributed by atoms with Gasteiger partial charge in [0.1, 0.15) is 0 Å². The number of hydrogen-bond acceptors (Lipinski definition) is 3. The molecule has 0 aromatic heterocycles. The largest absolute Gasteiger partial charge is 0.381 e. The Morgan fingerprint density at radius 2 is 2.31 bits per heavy atom. The fraction of sp³-hybridized carbons (Fsp3) is 1.00. The first-order chi connectivity index (χ1) is 7.92.